The Morgan fingerprint density at radius 2 is 1.76 bits per heavy atom. The van der Waals surface area contributed by atoms with Gasteiger partial charge in [0, 0.05) is 37.0 Å². The highest BCUT2D eigenvalue weighted by molar-refractivity contribution is 7.16. The Bertz CT molecular complexity index is 1930. The third kappa shape index (κ3) is 5.86. The Kier molecular flexibility index (Phi) is 8.49. The standard InChI is InChI=1S/C35H34F2N6OS/c1-5-28-34(43-19-24(8-13-30(43)39-28)22-14-16-42(17-15-22)20-31(44)41(3)4)27-12-11-26(21(2)32(27)37)35-40-33(29(18-38)45-35)23-6-9-25(36)10-7-23/h6-13,19,22H,5,14-17,20H2,1-4H3. The highest BCUT2D eigenvalue weighted by Crippen LogP contribution is 2.39. The van der Waals surface area contributed by atoms with Crippen LogP contribution in [-0.2, 0) is 11.2 Å². The Morgan fingerprint density at radius 3 is 2.42 bits per heavy atom. The number of nitrogens with zero attached hydrogens (tertiary/aromatic N) is 6. The molecule has 0 radical (unpaired) electrons. The van der Waals surface area contributed by atoms with Crippen molar-refractivity contribution < 1.29 is 13.6 Å². The number of pyridine rings is 1. The van der Waals surface area contributed by atoms with Crippen LogP contribution >= 0.6 is 11.3 Å². The maximum absolute atomic E-state index is 16.4. The zero-order valence-corrected chi connectivity index (χ0v) is 26.6. The minimum atomic E-state index is -0.370. The SMILES string of the molecule is CCc1nc2ccc(C3CCN(CC(=O)N(C)C)CC3)cn2c1-c1ccc(-c2nc(-c3ccc(F)cc3)c(C#N)s2)c(C)c1F. The van der Waals surface area contributed by atoms with Gasteiger partial charge >= 0.3 is 0 Å². The van der Waals surface area contributed by atoms with Crippen LogP contribution in [0.1, 0.15) is 47.4 Å². The molecule has 1 saturated heterocycles. The second-order valence-electron chi connectivity index (χ2n) is 11.7. The summed E-state index contributed by atoms with van der Waals surface area (Å²) in [4.78, 5) is 25.9. The molecule has 0 aliphatic carbocycles. The summed E-state index contributed by atoms with van der Waals surface area (Å²) in [6, 6.07) is 15.8. The Hall–Kier alpha value is -4.46. The van der Waals surface area contributed by atoms with Gasteiger partial charge in [-0.3, -0.25) is 14.1 Å². The topological polar surface area (TPSA) is 77.5 Å². The minimum absolute atomic E-state index is 0.113. The van der Waals surface area contributed by atoms with Crippen LogP contribution in [0.15, 0.2) is 54.7 Å². The number of likely N-dealkylation sites (N-methyl/N-ethyl adjacent to an activating group) is 1. The lowest BCUT2D eigenvalue weighted by Crippen LogP contribution is -2.40. The smallest absolute Gasteiger partial charge is 0.236 e. The summed E-state index contributed by atoms with van der Waals surface area (Å²) in [7, 11) is 3.57. The first-order chi connectivity index (χ1) is 21.7. The molecule has 0 saturated carbocycles. The fourth-order valence-corrected chi connectivity index (χ4v) is 7.02. The predicted octanol–water partition coefficient (Wildman–Crippen LogP) is 7.08. The normalized spacial score (nSPS) is 14.2. The summed E-state index contributed by atoms with van der Waals surface area (Å²) in [5.74, 6) is -0.276. The highest BCUT2D eigenvalue weighted by Gasteiger charge is 2.25. The average molecular weight is 625 g/mol. The van der Waals surface area contributed by atoms with Crippen molar-refractivity contribution in [3.8, 4) is 39.2 Å². The van der Waals surface area contributed by atoms with Gasteiger partial charge in [0.15, 0.2) is 0 Å². The number of amides is 1. The fourth-order valence-electron chi connectivity index (χ4n) is 6.05. The molecule has 1 fully saturated rings. The number of fused-ring (bicyclic) bond motifs is 1. The van der Waals surface area contributed by atoms with Crippen LogP contribution < -0.4 is 0 Å². The van der Waals surface area contributed by atoms with Gasteiger partial charge in [-0.15, -0.1) is 11.3 Å². The molecule has 0 bridgehead atoms. The molecular formula is C35H34F2N6OS. The molecule has 3 aromatic heterocycles. The van der Waals surface area contributed by atoms with E-state index in [-0.39, 0.29) is 17.5 Å². The lowest BCUT2D eigenvalue weighted by atomic mass is 9.90. The monoisotopic (exact) mass is 624 g/mol. The zero-order chi connectivity index (χ0) is 31.8. The van der Waals surface area contributed by atoms with E-state index in [1.807, 2.05) is 23.5 Å². The lowest BCUT2D eigenvalue weighted by molar-refractivity contribution is -0.130. The number of likely N-dealkylation sites (tertiary alicyclic amines) is 1. The fraction of sp³-hybridized carbons (Fsp3) is 0.314. The molecule has 1 amide bonds. The van der Waals surface area contributed by atoms with Crippen molar-refractivity contribution in [1.82, 2.24) is 24.2 Å². The molecule has 0 unspecified atom stereocenters. The van der Waals surface area contributed by atoms with E-state index in [1.165, 1.54) is 29.0 Å². The lowest BCUT2D eigenvalue weighted by Gasteiger charge is -2.32. The van der Waals surface area contributed by atoms with E-state index in [1.54, 1.807) is 44.1 Å². The number of rotatable bonds is 7. The van der Waals surface area contributed by atoms with Gasteiger partial charge in [0.1, 0.15) is 33.2 Å². The minimum Gasteiger partial charge on any atom is -0.348 e. The molecule has 0 atom stereocenters. The number of halogens is 2. The molecule has 0 N–H and O–H groups in total. The highest BCUT2D eigenvalue weighted by atomic mass is 32.1. The van der Waals surface area contributed by atoms with Crippen LogP contribution in [0.25, 0.3) is 38.7 Å². The third-order valence-electron chi connectivity index (χ3n) is 8.68. The molecule has 1 aliphatic heterocycles. The molecule has 7 nitrogen and oxygen atoms in total. The van der Waals surface area contributed by atoms with Gasteiger partial charge < -0.3 is 4.90 Å². The molecule has 10 heteroatoms. The van der Waals surface area contributed by atoms with E-state index in [0.717, 1.165) is 43.0 Å². The van der Waals surface area contributed by atoms with Crippen LogP contribution in [0.3, 0.4) is 0 Å². The number of carbonyl (C=O) groups excluding carboxylic acids is 1. The average Bonchev–Trinajstić information content (AvgIpc) is 3.64. The van der Waals surface area contributed by atoms with Gasteiger partial charge in [-0.05, 0) is 92.7 Å². The molecular weight excluding hydrogens is 590 g/mol. The molecule has 230 valence electrons. The van der Waals surface area contributed by atoms with Crippen molar-refractivity contribution in [2.24, 2.45) is 0 Å². The first-order valence-corrected chi connectivity index (χ1v) is 15.9. The van der Waals surface area contributed by atoms with E-state index in [9.17, 15) is 14.4 Å². The van der Waals surface area contributed by atoms with Gasteiger partial charge in [-0.25, -0.2) is 18.7 Å². The van der Waals surface area contributed by atoms with Crippen LogP contribution in [0.5, 0.6) is 0 Å². The van der Waals surface area contributed by atoms with E-state index in [2.05, 4.69) is 28.2 Å². The van der Waals surface area contributed by atoms with Crippen molar-refractivity contribution in [3.63, 3.8) is 0 Å². The summed E-state index contributed by atoms with van der Waals surface area (Å²) < 4.78 is 31.9. The third-order valence-corrected chi connectivity index (χ3v) is 9.68. The van der Waals surface area contributed by atoms with Crippen LogP contribution in [0, 0.1) is 29.9 Å². The first kappa shape index (κ1) is 30.6. The van der Waals surface area contributed by atoms with E-state index < -0.39 is 0 Å². The number of imidazole rings is 1. The Labute approximate surface area is 265 Å². The summed E-state index contributed by atoms with van der Waals surface area (Å²) in [6.07, 6.45) is 4.62. The van der Waals surface area contributed by atoms with Gasteiger partial charge in [-0.1, -0.05) is 19.1 Å². The molecule has 1 aliphatic rings. The molecule has 4 heterocycles. The maximum atomic E-state index is 16.4. The Balaban J connectivity index is 1.33. The number of hydrogen-bond acceptors (Lipinski definition) is 6. The number of carbonyl (C=O) groups is 1. The summed E-state index contributed by atoms with van der Waals surface area (Å²) in [5.41, 5.74) is 6.09. The Morgan fingerprint density at radius 1 is 1.04 bits per heavy atom. The van der Waals surface area contributed by atoms with Gasteiger partial charge in [-0.2, -0.15) is 5.26 Å². The van der Waals surface area contributed by atoms with Crippen molar-refractivity contribution >= 4 is 22.9 Å². The number of aryl methyl sites for hydroxylation is 1. The van der Waals surface area contributed by atoms with Crippen molar-refractivity contribution in [1.29, 1.82) is 5.26 Å². The largest absolute Gasteiger partial charge is 0.348 e. The van der Waals surface area contributed by atoms with Gasteiger partial charge in [0.25, 0.3) is 0 Å². The van der Waals surface area contributed by atoms with E-state index in [0.29, 0.717) is 56.7 Å². The summed E-state index contributed by atoms with van der Waals surface area (Å²) in [6.45, 7) is 5.88. The second-order valence-corrected chi connectivity index (χ2v) is 12.7. The van der Waals surface area contributed by atoms with Crippen LogP contribution in [0.4, 0.5) is 8.78 Å². The predicted molar refractivity (Wildman–Crippen MR) is 173 cm³/mol. The maximum Gasteiger partial charge on any atom is 0.236 e. The molecule has 45 heavy (non-hydrogen) atoms. The number of aromatic nitrogens is 3. The second kappa shape index (κ2) is 12.5. The van der Waals surface area contributed by atoms with Crippen molar-refractivity contribution in [3.05, 3.63) is 88.1 Å². The van der Waals surface area contributed by atoms with Crippen molar-refractivity contribution in [2.45, 2.75) is 39.0 Å². The van der Waals surface area contributed by atoms with Gasteiger partial charge in [0.2, 0.25) is 5.91 Å². The number of piperidine rings is 1. The molecule has 6 rings (SSSR count). The van der Waals surface area contributed by atoms with E-state index in [4.69, 9.17) is 4.98 Å². The summed E-state index contributed by atoms with van der Waals surface area (Å²) >= 11 is 1.20. The first-order valence-electron chi connectivity index (χ1n) is 15.1. The number of thiazole rings is 1. The number of benzene rings is 2. The number of nitriles is 1. The molecule has 5 aromatic rings. The quantitative estimate of drug-likeness (QED) is 0.193. The van der Waals surface area contributed by atoms with E-state index >= 15 is 4.39 Å². The van der Waals surface area contributed by atoms with Crippen LogP contribution in [-0.4, -0.2) is 63.8 Å². The van der Waals surface area contributed by atoms with Gasteiger partial charge in [0.05, 0.1) is 23.6 Å². The van der Waals surface area contributed by atoms with Crippen molar-refractivity contribution in [2.75, 3.05) is 33.7 Å². The zero-order valence-electron chi connectivity index (χ0n) is 25.8. The molecule has 0 spiro atoms. The van der Waals surface area contributed by atoms with Crippen LogP contribution in [0.2, 0.25) is 0 Å². The number of hydrogen-bond donors (Lipinski definition) is 0. The molecule has 2 aromatic carbocycles. The summed E-state index contributed by atoms with van der Waals surface area (Å²) in [5, 5.41) is 10.3.